The number of anilines is 2. The van der Waals surface area contributed by atoms with E-state index in [-0.39, 0.29) is 12.1 Å². The van der Waals surface area contributed by atoms with Crippen molar-refractivity contribution in [1.29, 1.82) is 0 Å². The number of aromatic nitrogens is 1. The Kier molecular flexibility index (Phi) is 5.03. The van der Waals surface area contributed by atoms with Gasteiger partial charge in [-0.2, -0.15) is 0 Å². The maximum Gasteiger partial charge on any atom is 0.329 e. The van der Waals surface area contributed by atoms with Crippen LogP contribution < -0.4 is 10.6 Å². The second-order valence-corrected chi connectivity index (χ2v) is 8.31. The Morgan fingerprint density at radius 2 is 1.76 bits per heavy atom. The predicted octanol–water partition coefficient (Wildman–Crippen LogP) is 3.83. The second-order valence-electron chi connectivity index (χ2n) is 6.66. The summed E-state index contributed by atoms with van der Waals surface area (Å²) >= 11 is 0. The summed E-state index contributed by atoms with van der Waals surface area (Å²) in [6.45, 7) is 0. The van der Waals surface area contributed by atoms with Crippen molar-refractivity contribution in [3.63, 3.8) is 0 Å². The number of hydrogen-bond acceptors (Lipinski definition) is 4. The maximum atomic E-state index is 12.4. The van der Waals surface area contributed by atoms with E-state index in [9.17, 15) is 9.36 Å². The van der Waals surface area contributed by atoms with E-state index in [2.05, 4.69) is 15.6 Å². The Hall–Kier alpha value is -3.25. The Morgan fingerprint density at radius 1 is 1.03 bits per heavy atom. The minimum absolute atomic E-state index is 0.247. The number of hydrogen-bond donors (Lipinski definition) is 4. The average Bonchev–Trinajstić information content (AvgIpc) is 3.01. The van der Waals surface area contributed by atoms with Crippen LogP contribution in [-0.2, 0) is 15.5 Å². The van der Waals surface area contributed by atoms with E-state index in [0.717, 1.165) is 11.1 Å². The summed E-state index contributed by atoms with van der Waals surface area (Å²) in [4.78, 5) is 34.8. The number of nitrogens with zero attached hydrogens (tertiary/aromatic N) is 1. The van der Waals surface area contributed by atoms with Crippen molar-refractivity contribution in [3.8, 4) is 11.1 Å². The van der Waals surface area contributed by atoms with E-state index >= 15 is 0 Å². The Morgan fingerprint density at radius 3 is 2.45 bits per heavy atom. The fourth-order valence-electron chi connectivity index (χ4n) is 3.10. The number of pyridine rings is 1. The normalized spacial score (nSPS) is 14.6. The van der Waals surface area contributed by atoms with E-state index < -0.39 is 7.60 Å². The molecule has 0 unspecified atom stereocenters. The minimum Gasteiger partial charge on any atom is -0.361 e. The van der Waals surface area contributed by atoms with Gasteiger partial charge < -0.3 is 20.4 Å². The standard InChI is InChI=1S/C21H18N3O4P/c25-21-19(12-22-17-8-6-14(7-9-17)13-29(26,27)28)18-10-16(11-23-20(18)24-21)15-4-2-1-3-5-15/h1-12,22H,13H2,(H,23,24,25)(H2,26,27,28)/b19-12-. The van der Waals surface area contributed by atoms with Crippen LogP contribution in [0.25, 0.3) is 16.7 Å². The molecule has 0 saturated carbocycles. The van der Waals surface area contributed by atoms with Crippen LogP contribution in [0, 0.1) is 0 Å². The first-order valence-corrected chi connectivity index (χ1v) is 10.7. The quantitative estimate of drug-likeness (QED) is 0.378. The second kappa shape index (κ2) is 7.64. The molecular formula is C21H18N3O4P. The summed E-state index contributed by atoms with van der Waals surface area (Å²) in [7, 11) is -4.10. The molecule has 1 aliphatic heterocycles. The molecule has 4 N–H and O–H groups in total. The third kappa shape index (κ3) is 4.43. The third-order valence-corrected chi connectivity index (χ3v) is 5.26. The average molecular weight is 407 g/mol. The van der Waals surface area contributed by atoms with Gasteiger partial charge in [-0.1, -0.05) is 42.5 Å². The summed E-state index contributed by atoms with van der Waals surface area (Å²) in [6.07, 6.45) is 3.03. The molecule has 0 radical (unpaired) electrons. The Labute approximate surface area is 167 Å². The van der Waals surface area contributed by atoms with Gasteiger partial charge in [0.1, 0.15) is 5.82 Å². The summed E-state index contributed by atoms with van der Waals surface area (Å²) in [5.41, 5.74) is 4.33. The molecule has 146 valence electrons. The molecule has 0 atom stereocenters. The zero-order chi connectivity index (χ0) is 20.4. The van der Waals surface area contributed by atoms with Crippen molar-refractivity contribution in [2.75, 3.05) is 10.6 Å². The van der Waals surface area contributed by atoms with Crippen molar-refractivity contribution in [3.05, 3.63) is 84.2 Å². The molecule has 2 heterocycles. The smallest absolute Gasteiger partial charge is 0.329 e. The van der Waals surface area contributed by atoms with Crippen LogP contribution in [0.4, 0.5) is 11.5 Å². The number of fused-ring (bicyclic) bond motifs is 1. The fraction of sp³-hybridized carbons (Fsp3) is 0.0476. The lowest BCUT2D eigenvalue weighted by atomic mass is 10.0. The first-order valence-electron chi connectivity index (χ1n) is 8.86. The maximum absolute atomic E-state index is 12.4. The molecular weight excluding hydrogens is 389 g/mol. The zero-order valence-corrected chi connectivity index (χ0v) is 16.1. The first kappa shape index (κ1) is 19.1. The molecule has 3 aromatic rings. The molecule has 4 rings (SSSR count). The van der Waals surface area contributed by atoms with E-state index in [1.807, 2.05) is 36.4 Å². The van der Waals surface area contributed by atoms with Gasteiger partial charge in [0, 0.05) is 29.2 Å². The number of benzene rings is 2. The largest absolute Gasteiger partial charge is 0.361 e. The van der Waals surface area contributed by atoms with Crippen LogP contribution in [0.3, 0.4) is 0 Å². The number of carbonyl (C=O) groups excluding carboxylic acids is 1. The van der Waals surface area contributed by atoms with Gasteiger partial charge in [0.05, 0.1) is 11.7 Å². The summed E-state index contributed by atoms with van der Waals surface area (Å²) in [5, 5.41) is 5.81. The lowest BCUT2D eigenvalue weighted by Gasteiger charge is -2.07. The van der Waals surface area contributed by atoms with E-state index in [1.165, 1.54) is 0 Å². The number of carbonyl (C=O) groups is 1. The highest BCUT2D eigenvalue weighted by Gasteiger charge is 2.26. The molecule has 0 aliphatic carbocycles. The Bertz CT molecular complexity index is 1140. The Balaban J connectivity index is 1.57. The monoisotopic (exact) mass is 407 g/mol. The minimum atomic E-state index is -4.10. The van der Waals surface area contributed by atoms with Crippen molar-refractivity contribution in [1.82, 2.24) is 4.98 Å². The fourth-order valence-corrected chi connectivity index (χ4v) is 3.78. The SMILES string of the molecule is O=C1Nc2ncc(-c3ccccc3)cc2/C1=C/Nc1ccc(CP(=O)(O)O)cc1. The zero-order valence-electron chi connectivity index (χ0n) is 15.2. The van der Waals surface area contributed by atoms with Crippen LogP contribution in [0.1, 0.15) is 11.1 Å². The molecule has 1 aliphatic rings. The van der Waals surface area contributed by atoms with Gasteiger partial charge >= 0.3 is 7.60 Å². The van der Waals surface area contributed by atoms with Crippen LogP contribution >= 0.6 is 7.60 Å². The lowest BCUT2D eigenvalue weighted by molar-refractivity contribution is -0.110. The van der Waals surface area contributed by atoms with Crippen molar-refractivity contribution in [2.24, 2.45) is 0 Å². The van der Waals surface area contributed by atoms with E-state index in [1.54, 1.807) is 36.7 Å². The van der Waals surface area contributed by atoms with E-state index in [4.69, 9.17) is 9.79 Å². The van der Waals surface area contributed by atoms with Gasteiger partial charge in [-0.15, -0.1) is 0 Å². The van der Waals surface area contributed by atoms with Gasteiger partial charge in [0.2, 0.25) is 0 Å². The van der Waals surface area contributed by atoms with E-state index in [0.29, 0.717) is 28.2 Å². The molecule has 0 fully saturated rings. The van der Waals surface area contributed by atoms with Crippen molar-refractivity contribution < 1.29 is 19.1 Å². The lowest BCUT2D eigenvalue weighted by Crippen LogP contribution is -2.05. The van der Waals surface area contributed by atoms with Crippen molar-refractivity contribution in [2.45, 2.75) is 6.16 Å². The van der Waals surface area contributed by atoms with Gasteiger partial charge in [-0.05, 0) is 29.3 Å². The van der Waals surface area contributed by atoms with Gasteiger partial charge in [-0.25, -0.2) is 4.98 Å². The molecule has 1 aromatic heterocycles. The molecule has 0 saturated heterocycles. The molecule has 0 spiro atoms. The van der Waals surface area contributed by atoms with Gasteiger partial charge in [0.15, 0.2) is 0 Å². The highest BCUT2D eigenvalue weighted by Crippen LogP contribution is 2.39. The predicted molar refractivity (Wildman–Crippen MR) is 112 cm³/mol. The molecule has 8 heteroatoms. The van der Waals surface area contributed by atoms with Crippen LogP contribution in [0.15, 0.2) is 73.1 Å². The molecule has 1 amide bonds. The summed E-state index contributed by atoms with van der Waals surface area (Å²) < 4.78 is 11.1. The summed E-state index contributed by atoms with van der Waals surface area (Å²) in [5.74, 6) is 0.267. The topological polar surface area (TPSA) is 112 Å². The highest BCUT2D eigenvalue weighted by molar-refractivity contribution is 7.50. The molecule has 0 bridgehead atoms. The first-order chi connectivity index (χ1) is 13.9. The molecule has 29 heavy (non-hydrogen) atoms. The van der Waals surface area contributed by atoms with Crippen molar-refractivity contribution >= 4 is 30.6 Å². The number of nitrogens with one attached hydrogen (secondary N) is 2. The number of rotatable bonds is 5. The van der Waals surface area contributed by atoms with Gasteiger partial charge in [0.25, 0.3) is 5.91 Å². The van der Waals surface area contributed by atoms with Crippen LogP contribution in [0.2, 0.25) is 0 Å². The van der Waals surface area contributed by atoms with Crippen LogP contribution in [-0.4, -0.2) is 20.7 Å². The highest BCUT2D eigenvalue weighted by atomic mass is 31.2. The third-order valence-electron chi connectivity index (χ3n) is 4.49. The number of amides is 1. The summed E-state index contributed by atoms with van der Waals surface area (Å²) in [6, 6.07) is 18.4. The van der Waals surface area contributed by atoms with Gasteiger partial charge in [-0.3, -0.25) is 9.36 Å². The molecule has 2 aromatic carbocycles. The molecule has 7 nitrogen and oxygen atoms in total. The van der Waals surface area contributed by atoms with Crippen LogP contribution in [0.5, 0.6) is 0 Å².